The molecule has 2 fully saturated rings. The van der Waals surface area contributed by atoms with Crippen LogP contribution in [0.3, 0.4) is 0 Å². The van der Waals surface area contributed by atoms with Crippen LogP contribution in [-0.4, -0.2) is 35.7 Å². The van der Waals surface area contributed by atoms with Crippen molar-refractivity contribution in [2.45, 2.75) is 45.3 Å². The van der Waals surface area contributed by atoms with Gasteiger partial charge in [0.05, 0.1) is 0 Å². The molecule has 0 aromatic heterocycles. The lowest BCUT2D eigenvalue weighted by Crippen LogP contribution is -2.37. The maximum Gasteiger partial charge on any atom is 0.410 e. The van der Waals surface area contributed by atoms with Crippen LogP contribution in [0.25, 0.3) is 0 Å². The summed E-state index contributed by atoms with van der Waals surface area (Å²) in [6.45, 7) is 7.29. The van der Waals surface area contributed by atoms with Crippen LogP contribution in [0, 0.1) is 11.8 Å². The second kappa shape index (κ2) is 5.02. The highest BCUT2D eigenvalue weighted by Gasteiger charge is 2.43. The van der Waals surface area contributed by atoms with Gasteiger partial charge in [-0.15, -0.1) is 12.4 Å². The third-order valence-electron chi connectivity index (χ3n) is 3.56. The number of fused-ring (bicyclic) bond motifs is 1. The highest BCUT2D eigenvalue weighted by molar-refractivity contribution is 5.85. The summed E-state index contributed by atoms with van der Waals surface area (Å²) < 4.78 is 5.37. The fourth-order valence-electron chi connectivity index (χ4n) is 2.78. The maximum atomic E-state index is 11.9. The van der Waals surface area contributed by atoms with E-state index in [9.17, 15) is 4.79 Å². The lowest BCUT2D eigenvalue weighted by Gasteiger charge is -2.25. The molecule has 4 nitrogen and oxygen atoms in total. The van der Waals surface area contributed by atoms with E-state index in [0.717, 1.165) is 25.9 Å². The molecule has 1 aliphatic carbocycles. The first-order valence-electron chi connectivity index (χ1n) is 6.10. The Balaban J connectivity index is 0.00000144. The summed E-state index contributed by atoms with van der Waals surface area (Å²) in [5.41, 5.74) is 5.62. The van der Waals surface area contributed by atoms with Gasteiger partial charge in [-0.2, -0.15) is 0 Å². The Morgan fingerprint density at radius 3 is 2.47 bits per heavy atom. The number of rotatable bonds is 0. The van der Waals surface area contributed by atoms with Gasteiger partial charge in [0.25, 0.3) is 0 Å². The van der Waals surface area contributed by atoms with Gasteiger partial charge in [-0.05, 0) is 45.4 Å². The van der Waals surface area contributed by atoms with Crippen molar-refractivity contribution in [2.75, 3.05) is 13.1 Å². The first-order chi connectivity index (χ1) is 7.37. The molecule has 1 saturated heterocycles. The van der Waals surface area contributed by atoms with E-state index in [1.54, 1.807) is 0 Å². The van der Waals surface area contributed by atoms with Gasteiger partial charge >= 0.3 is 6.09 Å². The highest BCUT2D eigenvalue weighted by atomic mass is 35.5. The van der Waals surface area contributed by atoms with E-state index >= 15 is 0 Å². The Morgan fingerprint density at radius 1 is 1.29 bits per heavy atom. The highest BCUT2D eigenvalue weighted by Crippen LogP contribution is 2.37. The second-order valence-corrected chi connectivity index (χ2v) is 6.05. The Hall–Kier alpha value is -0.480. The molecule has 100 valence electrons. The van der Waals surface area contributed by atoms with Gasteiger partial charge in [0.1, 0.15) is 5.60 Å². The summed E-state index contributed by atoms with van der Waals surface area (Å²) in [5, 5.41) is 0. The van der Waals surface area contributed by atoms with Gasteiger partial charge in [0, 0.05) is 19.1 Å². The first-order valence-corrected chi connectivity index (χ1v) is 6.10. The zero-order valence-corrected chi connectivity index (χ0v) is 11.6. The zero-order chi connectivity index (χ0) is 11.9. The fourth-order valence-corrected chi connectivity index (χ4v) is 2.78. The molecule has 2 rings (SSSR count). The van der Waals surface area contributed by atoms with Gasteiger partial charge in [-0.1, -0.05) is 0 Å². The van der Waals surface area contributed by atoms with Gasteiger partial charge in [-0.25, -0.2) is 4.79 Å². The molecule has 0 radical (unpaired) electrons. The van der Waals surface area contributed by atoms with Crippen molar-refractivity contribution >= 4 is 18.5 Å². The summed E-state index contributed by atoms with van der Waals surface area (Å²) in [4.78, 5) is 13.7. The lowest BCUT2D eigenvalue weighted by molar-refractivity contribution is 0.0279. The van der Waals surface area contributed by atoms with Crippen molar-refractivity contribution in [3.05, 3.63) is 0 Å². The molecule has 0 aromatic rings. The Bertz CT molecular complexity index is 291. The minimum absolute atomic E-state index is 0. The third kappa shape index (κ3) is 3.26. The van der Waals surface area contributed by atoms with Crippen LogP contribution >= 0.6 is 12.4 Å². The summed E-state index contributed by atoms with van der Waals surface area (Å²) in [6, 6.07) is 0.275. The molecule has 1 unspecified atom stereocenters. The largest absolute Gasteiger partial charge is 0.444 e. The van der Waals surface area contributed by atoms with Crippen molar-refractivity contribution in [1.82, 2.24) is 4.90 Å². The van der Waals surface area contributed by atoms with E-state index in [2.05, 4.69) is 0 Å². The van der Waals surface area contributed by atoms with Crippen LogP contribution in [0.1, 0.15) is 33.6 Å². The van der Waals surface area contributed by atoms with E-state index in [0.29, 0.717) is 11.8 Å². The first kappa shape index (κ1) is 14.6. The predicted molar refractivity (Wildman–Crippen MR) is 69.2 cm³/mol. The van der Waals surface area contributed by atoms with Crippen LogP contribution in [0.5, 0.6) is 0 Å². The number of ether oxygens (including phenoxy) is 1. The fraction of sp³-hybridized carbons (Fsp3) is 0.917. The SMILES string of the molecule is CC(C)(C)OC(=O)N1C[C@H]2CCC(N)[C@H]2C1.Cl. The number of nitrogens with two attached hydrogens (primary N) is 1. The molecule has 1 saturated carbocycles. The number of halogens is 1. The quantitative estimate of drug-likeness (QED) is 0.727. The molecule has 0 spiro atoms. The minimum Gasteiger partial charge on any atom is -0.444 e. The van der Waals surface area contributed by atoms with E-state index in [4.69, 9.17) is 10.5 Å². The molecule has 2 N–H and O–H groups in total. The number of nitrogens with zero attached hydrogens (tertiary/aromatic N) is 1. The number of carbonyl (C=O) groups excluding carboxylic acids is 1. The summed E-state index contributed by atoms with van der Waals surface area (Å²) >= 11 is 0. The molecular formula is C12H23ClN2O2. The van der Waals surface area contributed by atoms with Crippen LogP contribution < -0.4 is 5.73 Å². The average molecular weight is 263 g/mol. The van der Waals surface area contributed by atoms with Crippen LogP contribution in [0.2, 0.25) is 0 Å². The Kier molecular flexibility index (Phi) is 4.31. The Morgan fingerprint density at radius 2 is 1.94 bits per heavy atom. The van der Waals surface area contributed by atoms with Crippen molar-refractivity contribution < 1.29 is 9.53 Å². The maximum absolute atomic E-state index is 11.9. The topological polar surface area (TPSA) is 55.6 Å². The van der Waals surface area contributed by atoms with Crippen molar-refractivity contribution in [3.8, 4) is 0 Å². The molecule has 17 heavy (non-hydrogen) atoms. The second-order valence-electron chi connectivity index (χ2n) is 6.05. The third-order valence-corrected chi connectivity index (χ3v) is 3.56. The van der Waals surface area contributed by atoms with Gasteiger partial charge in [0.2, 0.25) is 0 Å². The zero-order valence-electron chi connectivity index (χ0n) is 10.8. The number of hydrogen-bond acceptors (Lipinski definition) is 3. The lowest BCUT2D eigenvalue weighted by atomic mass is 9.98. The smallest absolute Gasteiger partial charge is 0.410 e. The van der Waals surface area contributed by atoms with Crippen molar-refractivity contribution in [1.29, 1.82) is 0 Å². The van der Waals surface area contributed by atoms with Crippen molar-refractivity contribution in [2.24, 2.45) is 17.6 Å². The average Bonchev–Trinajstić information content (AvgIpc) is 2.65. The molecular weight excluding hydrogens is 240 g/mol. The molecule has 2 aliphatic rings. The van der Waals surface area contributed by atoms with E-state index < -0.39 is 5.60 Å². The van der Waals surface area contributed by atoms with Crippen LogP contribution in [0.4, 0.5) is 4.79 Å². The Labute approximate surface area is 109 Å². The summed E-state index contributed by atoms with van der Waals surface area (Å²) in [7, 11) is 0. The predicted octanol–water partition coefficient (Wildman–Crippen LogP) is 2.01. The van der Waals surface area contributed by atoms with E-state index in [-0.39, 0.29) is 24.5 Å². The van der Waals surface area contributed by atoms with Crippen LogP contribution in [0.15, 0.2) is 0 Å². The molecule has 1 aliphatic heterocycles. The number of likely N-dealkylation sites (tertiary alicyclic amines) is 1. The minimum atomic E-state index is -0.406. The van der Waals surface area contributed by atoms with Gasteiger partial charge in [0.15, 0.2) is 0 Å². The summed E-state index contributed by atoms with van der Waals surface area (Å²) in [6.07, 6.45) is 2.08. The molecule has 0 bridgehead atoms. The number of amides is 1. The normalized spacial score (nSPS) is 32.0. The monoisotopic (exact) mass is 262 g/mol. The number of hydrogen-bond donors (Lipinski definition) is 1. The van der Waals surface area contributed by atoms with Gasteiger partial charge in [-0.3, -0.25) is 0 Å². The van der Waals surface area contributed by atoms with E-state index in [1.807, 2.05) is 25.7 Å². The van der Waals surface area contributed by atoms with Crippen molar-refractivity contribution in [3.63, 3.8) is 0 Å². The molecule has 3 atom stereocenters. The molecule has 0 aromatic carbocycles. The molecule has 5 heteroatoms. The van der Waals surface area contributed by atoms with Gasteiger partial charge < -0.3 is 15.4 Å². The molecule has 1 heterocycles. The van der Waals surface area contributed by atoms with Crippen LogP contribution in [-0.2, 0) is 4.74 Å². The van der Waals surface area contributed by atoms with E-state index in [1.165, 1.54) is 0 Å². The summed E-state index contributed by atoms with van der Waals surface area (Å²) in [5.74, 6) is 1.09. The molecule has 1 amide bonds. The number of carbonyl (C=O) groups is 1. The standard InChI is InChI=1S/C12H22N2O2.ClH/c1-12(2,3)16-11(15)14-6-8-4-5-10(13)9(8)7-14;/h8-10H,4-7,13H2,1-3H3;1H/t8-,9+,10?;/m1./s1.